The Morgan fingerprint density at radius 1 is 1.03 bits per heavy atom. The zero-order valence-electron chi connectivity index (χ0n) is 20.4. The van der Waals surface area contributed by atoms with E-state index in [0.717, 1.165) is 5.56 Å². The van der Waals surface area contributed by atoms with E-state index in [1.165, 1.54) is 12.1 Å². The number of nitrogens with one attached hydrogen (secondary N) is 2. The van der Waals surface area contributed by atoms with Gasteiger partial charge in [0.15, 0.2) is 0 Å². The van der Waals surface area contributed by atoms with Gasteiger partial charge in [0.25, 0.3) is 5.91 Å². The Morgan fingerprint density at radius 2 is 1.69 bits per heavy atom. The second-order valence-corrected chi connectivity index (χ2v) is 9.25. The minimum Gasteiger partial charge on any atom is -0.434 e. The standard InChI is InChI=1S/C26H31N3O6/c1-5-34-25(33)35-21-12-8-18(9-13-21)23(31)27-15-17-6-10-20(11-7-17)28-24(32)19-14-22(30)29(16-19)26(2,3)4/h6-13,19H,5,14-16H2,1-4H3,(H,27,31)(H,28,32). The zero-order chi connectivity index (χ0) is 25.6. The predicted octanol–water partition coefficient (Wildman–Crippen LogP) is 3.74. The summed E-state index contributed by atoms with van der Waals surface area (Å²) < 4.78 is 9.68. The molecule has 1 aliphatic heterocycles. The number of nitrogens with zero attached hydrogens (tertiary/aromatic N) is 1. The maximum Gasteiger partial charge on any atom is 0.513 e. The number of likely N-dealkylation sites (tertiary alicyclic amines) is 1. The molecule has 0 saturated carbocycles. The molecule has 3 rings (SSSR count). The van der Waals surface area contributed by atoms with Gasteiger partial charge in [-0.25, -0.2) is 4.79 Å². The molecule has 1 heterocycles. The molecule has 1 saturated heterocycles. The fourth-order valence-corrected chi connectivity index (χ4v) is 3.68. The first-order valence-electron chi connectivity index (χ1n) is 11.5. The number of hydrogen-bond acceptors (Lipinski definition) is 6. The summed E-state index contributed by atoms with van der Waals surface area (Å²) in [4.78, 5) is 50.3. The Morgan fingerprint density at radius 3 is 2.26 bits per heavy atom. The lowest BCUT2D eigenvalue weighted by atomic mass is 10.1. The van der Waals surface area contributed by atoms with E-state index < -0.39 is 6.16 Å². The van der Waals surface area contributed by atoms with E-state index in [-0.39, 0.29) is 48.0 Å². The molecule has 2 aromatic rings. The van der Waals surface area contributed by atoms with E-state index in [9.17, 15) is 19.2 Å². The molecule has 2 aromatic carbocycles. The number of benzene rings is 2. The van der Waals surface area contributed by atoms with Crippen LogP contribution in [0.25, 0.3) is 0 Å². The molecule has 2 N–H and O–H groups in total. The largest absolute Gasteiger partial charge is 0.513 e. The molecule has 9 heteroatoms. The van der Waals surface area contributed by atoms with Crippen LogP contribution < -0.4 is 15.4 Å². The third-order valence-electron chi connectivity index (χ3n) is 5.56. The second kappa shape index (κ2) is 11.0. The van der Waals surface area contributed by atoms with Crippen molar-refractivity contribution in [2.45, 2.75) is 46.2 Å². The highest BCUT2D eigenvalue weighted by atomic mass is 16.7. The van der Waals surface area contributed by atoms with E-state index in [2.05, 4.69) is 10.6 Å². The van der Waals surface area contributed by atoms with Gasteiger partial charge in [-0.05, 0) is 69.7 Å². The lowest BCUT2D eigenvalue weighted by molar-refractivity contribution is -0.131. The number of rotatable bonds is 7. The Labute approximate surface area is 204 Å². The van der Waals surface area contributed by atoms with E-state index in [1.807, 2.05) is 32.9 Å². The number of ether oxygens (including phenoxy) is 2. The van der Waals surface area contributed by atoms with Gasteiger partial charge in [-0.15, -0.1) is 0 Å². The lowest BCUT2D eigenvalue weighted by Crippen LogP contribution is -2.42. The molecule has 0 aromatic heterocycles. The van der Waals surface area contributed by atoms with Gasteiger partial charge in [0.1, 0.15) is 5.75 Å². The van der Waals surface area contributed by atoms with Crippen LogP contribution in [0, 0.1) is 5.92 Å². The maximum absolute atomic E-state index is 12.6. The summed E-state index contributed by atoms with van der Waals surface area (Å²) in [6.45, 7) is 8.47. The molecular weight excluding hydrogens is 450 g/mol. The predicted molar refractivity (Wildman–Crippen MR) is 130 cm³/mol. The molecule has 9 nitrogen and oxygen atoms in total. The van der Waals surface area contributed by atoms with Gasteiger partial charge in [0.05, 0.1) is 12.5 Å². The van der Waals surface area contributed by atoms with Crippen LogP contribution >= 0.6 is 0 Å². The van der Waals surface area contributed by atoms with Gasteiger partial charge in [-0.1, -0.05) is 12.1 Å². The summed E-state index contributed by atoms with van der Waals surface area (Å²) in [5.41, 5.74) is 1.59. The zero-order valence-corrected chi connectivity index (χ0v) is 20.4. The molecule has 0 spiro atoms. The van der Waals surface area contributed by atoms with Crippen LogP contribution in [-0.4, -0.2) is 47.5 Å². The second-order valence-electron chi connectivity index (χ2n) is 9.25. The lowest BCUT2D eigenvalue weighted by Gasteiger charge is -2.31. The van der Waals surface area contributed by atoms with Crippen LogP contribution in [0.4, 0.5) is 10.5 Å². The van der Waals surface area contributed by atoms with Gasteiger partial charge < -0.3 is 25.0 Å². The van der Waals surface area contributed by atoms with Crippen LogP contribution in [-0.2, 0) is 20.9 Å². The Hall–Kier alpha value is -3.88. The highest BCUT2D eigenvalue weighted by Gasteiger charge is 2.39. The SMILES string of the molecule is CCOC(=O)Oc1ccc(C(=O)NCc2ccc(NC(=O)C3CC(=O)N(C(C)(C)C)C3)cc2)cc1. The van der Waals surface area contributed by atoms with E-state index >= 15 is 0 Å². The molecule has 1 unspecified atom stereocenters. The summed E-state index contributed by atoms with van der Waals surface area (Å²) >= 11 is 0. The smallest absolute Gasteiger partial charge is 0.434 e. The average molecular weight is 482 g/mol. The van der Waals surface area contributed by atoms with Crippen LogP contribution in [0.15, 0.2) is 48.5 Å². The first-order chi connectivity index (χ1) is 16.6. The van der Waals surface area contributed by atoms with Crippen molar-refractivity contribution in [3.63, 3.8) is 0 Å². The van der Waals surface area contributed by atoms with Crippen molar-refractivity contribution in [1.29, 1.82) is 0 Å². The number of anilines is 1. The Kier molecular flexibility index (Phi) is 8.11. The molecular formula is C26H31N3O6. The number of amides is 3. The van der Waals surface area contributed by atoms with Crippen LogP contribution in [0.5, 0.6) is 5.75 Å². The summed E-state index contributed by atoms with van der Waals surface area (Å²) in [6, 6.07) is 13.3. The Bertz CT molecular complexity index is 1070. The van der Waals surface area contributed by atoms with Crippen molar-refractivity contribution in [2.24, 2.45) is 5.92 Å². The van der Waals surface area contributed by atoms with Gasteiger partial charge in [-0.2, -0.15) is 0 Å². The van der Waals surface area contributed by atoms with Gasteiger partial charge in [0.2, 0.25) is 11.8 Å². The quantitative estimate of drug-likeness (QED) is 0.460. The first-order valence-corrected chi connectivity index (χ1v) is 11.5. The van der Waals surface area contributed by atoms with E-state index in [0.29, 0.717) is 24.3 Å². The summed E-state index contributed by atoms with van der Waals surface area (Å²) in [5, 5.41) is 5.69. The van der Waals surface area contributed by atoms with Crippen molar-refractivity contribution in [3.8, 4) is 5.75 Å². The number of carbonyl (C=O) groups is 4. The molecule has 0 bridgehead atoms. The number of carbonyl (C=O) groups excluding carboxylic acids is 4. The first kappa shape index (κ1) is 25.7. The highest BCUT2D eigenvalue weighted by Crippen LogP contribution is 2.26. The van der Waals surface area contributed by atoms with Crippen LogP contribution in [0.2, 0.25) is 0 Å². The fraction of sp³-hybridized carbons (Fsp3) is 0.385. The molecule has 186 valence electrons. The Balaban J connectivity index is 1.48. The van der Waals surface area contributed by atoms with E-state index in [1.54, 1.807) is 36.1 Å². The minimum atomic E-state index is -0.798. The maximum atomic E-state index is 12.6. The summed E-state index contributed by atoms with van der Waals surface area (Å²) in [6.07, 6.45) is -0.587. The fourth-order valence-electron chi connectivity index (χ4n) is 3.68. The molecule has 0 aliphatic carbocycles. The third-order valence-corrected chi connectivity index (χ3v) is 5.56. The molecule has 1 fully saturated rings. The van der Waals surface area contributed by atoms with Crippen LogP contribution in [0.3, 0.4) is 0 Å². The molecule has 0 radical (unpaired) electrons. The van der Waals surface area contributed by atoms with E-state index in [4.69, 9.17) is 9.47 Å². The van der Waals surface area contributed by atoms with Crippen molar-refractivity contribution >= 4 is 29.6 Å². The van der Waals surface area contributed by atoms with Crippen molar-refractivity contribution in [1.82, 2.24) is 10.2 Å². The summed E-state index contributed by atoms with van der Waals surface area (Å²) in [5.74, 6) is -0.564. The van der Waals surface area contributed by atoms with Crippen molar-refractivity contribution in [2.75, 3.05) is 18.5 Å². The average Bonchev–Trinajstić information content (AvgIpc) is 3.21. The van der Waals surface area contributed by atoms with Gasteiger partial charge in [-0.3, -0.25) is 14.4 Å². The van der Waals surface area contributed by atoms with Crippen molar-refractivity contribution in [3.05, 3.63) is 59.7 Å². The monoisotopic (exact) mass is 481 g/mol. The van der Waals surface area contributed by atoms with Gasteiger partial charge in [0, 0.05) is 36.3 Å². The molecule has 3 amide bonds. The molecule has 1 atom stereocenters. The normalized spacial score (nSPS) is 15.5. The highest BCUT2D eigenvalue weighted by molar-refractivity contribution is 5.97. The summed E-state index contributed by atoms with van der Waals surface area (Å²) in [7, 11) is 0. The third kappa shape index (κ3) is 7.05. The molecule has 1 aliphatic rings. The minimum absolute atomic E-state index is 0.00935. The number of hydrogen-bond donors (Lipinski definition) is 2. The van der Waals surface area contributed by atoms with Gasteiger partial charge >= 0.3 is 6.16 Å². The topological polar surface area (TPSA) is 114 Å². The van der Waals surface area contributed by atoms with Crippen molar-refractivity contribution < 1.29 is 28.7 Å². The molecule has 35 heavy (non-hydrogen) atoms. The van der Waals surface area contributed by atoms with Crippen LogP contribution in [0.1, 0.15) is 50.0 Å².